The van der Waals surface area contributed by atoms with Crippen LogP contribution in [0.15, 0.2) is 24.3 Å². The maximum Gasteiger partial charge on any atom is 0.123 e. The molecule has 1 heterocycles. The lowest BCUT2D eigenvalue weighted by atomic mass is 9.89. The highest BCUT2D eigenvalue weighted by Crippen LogP contribution is 2.27. The summed E-state index contributed by atoms with van der Waals surface area (Å²) in [5, 5.41) is 3.18. The summed E-state index contributed by atoms with van der Waals surface area (Å²) in [5.74, 6) is 0.474. The van der Waals surface area contributed by atoms with Gasteiger partial charge in [-0.1, -0.05) is 12.1 Å². The molecule has 1 aliphatic rings. The van der Waals surface area contributed by atoms with Gasteiger partial charge in [0.05, 0.1) is 0 Å². The molecule has 0 spiro atoms. The number of likely N-dealkylation sites (N-methyl/N-ethyl adjacent to an activating group) is 1. The molecule has 1 N–H and O–H groups in total. The van der Waals surface area contributed by atoms with Crippen molar-refractivity contribution in [2.24, 2.45) is 0 Å². The summed E-state index contributed by atoms with van der Waals surface area (Å²) >= 11 is 0. The molecule has 0 atom stereocenters. The molecule has 0 amide bonds. The highest BCUT2D eigenvalue weighted by atomic mass is 19.1. The Hall–Kier alpha value is -0.930. The van der Waals surface area contributed by atoms with E-state index in [1.54, 1.807) is 12.1 Å². The second kappa shape index (κ2) is 6.12. The summed E-state index contributed by atoms with van der Waals surface area (Å²) < 4.78 is 12.8. The smallest absolute Gasteiger partial charge is 0.123 e. The van der Waals surface area contributed by atoms with E-state index < -0.39 is 0 Å². The average Bonchev–Trinajstić information content (AvgIpc) is 2.38. The van der Waals surface area contributed by atoms with E-state index in [-0.39, 0.29) is 5.82 Å². The van der Waals surface area contributed by atoms with E-state index >= 15 is 0 Å². The fourth-order valence-electron chi connectivity index (χ4n) is 2.49. The van der Waals surface area contributed by atoms with Crippen LogP contribution >= 0.6 is 0 Å². The van der Waals surface area contributed by atoms with Crippen LogP contribution in [0.4, 0.5) is 4.39 Å². The molecule has 94 valence electrons. The van der Waals surface area contributed by atoms with Crippen LogP contribution in [-0.4, -0.2) is 38.1 Å². The van der Waals surface area contributed by atoms with E-state index in [4.69, 9.17) is 0 Å². The Morgan fingerprint density at radius 2 is 1.88 bits per heavy atom. The predicted octanol–water partition coefficient (Wildman–Crippen LogP) is 2.22. The van der Waals surface area contributed by atoms with E-state index in [0.29, 0.717) is 5.92 Å². The summed E-state index contributed by atoms with van der Waals surface area (Å²) in [6.07, 6.45) is 2.38. The molecular weight excluding hydrogens is 215 g/mol. The SMILES string of the molecule is CNCCN1CCC(c2ccc(F)cc2)CC1. The molecule has 1 saturated heterocycles. The Morgan fingerprint density at radius 3 is 2.47 bits per heavy atom. The lowest BCUT2D eigenvalue weighted by Crippen LogP contribution is -2.37. The van der Waals surface area contributed by atoms with Gasteiger partial charge in [-0.25, -0.2) is 4.39 Å². The van der Waals surface area contributed by atoms with Gasteiger partial charge in [0.1, 0.15) is 5.82 Å². The summed E-state index contributed by atoms with van der Waals surface area (Å²) in [7, 11) is 1.99. The van der Waals surface area contributed by atoms with E-state index in [2.05, 4.69) is 10.2 Å². The third kappa shape index (κ3) is 3.51. The van der Waals surface area contributed by atoms with Crippen molar-refractivity contribution >= 4 is 0 Å². The molecule has 1 fully saturated rings. The molecule has 0 bridgehead atoms. The van der Waals surface area contributed by atoms with Gasteiger partial charge >= 0.3 is 0 Å². The third-order valence-corrected chi connectivity index (χ3v) is 3.61. The molecule has 0 radical (unpaired) electrons. The number of likely N-dealkylation sites (tertiary alicyclic amines) is 1. The van der Waals surface area contributed by atoms with Crippen molar-refractivity contribution in [3.8, 4) is 0 Å². The molecule has 0 aliphatic carbocycles. The zero-order valence-electron chi connectivity index (χ0n) is 10.5. The normalized spacial score (nSPS) is 18.5. The highest BCUT2D eigenvalue weighted by Gasteiger charge is 2.19. The molecule has 17 heavy (non-hydrogen) atoms. The minimum Gasteiger partial charge on any atom is -0.318 e. The van der Waals surface area contributed by atoms with E-state index in [1.807, 2.05) is 19.2 Å². The van der Waals surface area contributed by atoms with Crippen LogP contribution in [0.25, 0.3) is 0 Å². The molecule has 3 heteroatoms. The van der Waals surface area contributed by atoms with E-state index in [9.17, 15) is 4.39 Å². The number of halogens is 1. The Bertz CT molecular complexity index is 329. The molecule has 0 saturated carbocycles. The van der Waals surface area contributed by atoms with E-state index in [1.165, 1.54) is 18.4 Å². The monoisotopic (exact) mass is 236 g/mol. The van der Waals surface area contributed by atoms with Gasteiger partial charge in [0.25, 0.3) is 0 Å². The van der Waals surface area contributed by atoms with Gasteiger partial charge in [0.2, 0.25) is 0 Å². The Labute approximate surface area is 103 Å². The summed E-state index contributed by atoms with van der Waals surface area (Å²) in [5.41, 5.74) is 1.29. The molecule has 2 rings (SSSR count). The average molecular weight is 236 g/mol. The maximum absolute atomic E-state index is 12.8. The van der Waals surface area contributed by atoms with Crippen LogP contribution in [0.3, 0.4) is 0 Å². The standard InChI is InChI=1S/C14H21FN2/c1-16-8-11-17-9-6-13(7-10-17)12-2-4-14(15)5-3-12/h2-5,13,16H,6-11H2,1H3. The number of hydrogen-bond donors (Lipinski definition) is 1. The van der Waals surface area contributed by atoms with Crippen molar-refractivity contribution < 1.29 is 4.39 Å². The minimum absolute atomic E-state index is 0.139. The Balaban J connectivity index is 1.84. The molecule has 1 aromatic rings. The number of piperidine rings is 1. The second-order valence-corrected chi connectivity index (χ2v) is 4.77. The van der Waals surface area contributed by atoms with E-state index in [0.717, 1.165) is 26.2 Å². The van der Waals surface area contributed by atoms with Crippen LogP contribution < -0.4 is 5.32 Å². The molecular formula is C14H21FN2. The lowest BCUT2D eigenvalue weighted by molar-refractivity contribution is 0.214. The number of benzene rings is 1. The van der Waals surface area contributed by atoms with Crippen molar-refractivity contribution in [2.75, 3.05) is 33.2 Å². The van der Waals surface area contributed by atoms with Gasteiger partial charge in [-0.2, -0.15) is 0 Å². The first-order chi connectivity index (χ1) is 8.29. The summed E-state index contributed by atoms with van der Waals surface area (Å²) in [6.45, 7) is 4.50. The van der Waals surface area contributed by atoms with Crippen molar-refractivity contribution in [2.45, 2.75) is 18.8 Å². The third-order valence-electron chi connectivity index (χ3n) is 3.61. The quantitative estimate of drug-likeness (QED) is 0.862. The fraction of sp³-hybridized carbons (Fsp3) is 0.571. The van der Waals surface area contributed by atoms with Gasteiger partial charge in [-0.15, -0.1) is 0 Å². The van der Waals surface area contributed by atoms with Crippen LogP contribution in [0, 0.1) is 5.82 Å². The number of nitrogens with one attached hydrogen (secondary N) is 1. The van der Waals surface area contributed by atoms with Crippen LogP contribution in [-0.2, 0) is 0 Å². The van der Waals surface area contributed by atoms with Crippen molar-refractivity contribution in [3.05, 3.63) is 35.6 Å². The van der Waals surface area contributed by atoms with Crippen LogP contribution in [0.2, 0.25) is 0 Å². The number of rotatable bonds is 4. The highest BCUT2D eigenvalue weighted by molar-refractivity contribution is 5.21. The first-order valence-corrected chi connectivity index (χ1v) is 6.42. The van der Waals surface area contributed by atoms with Crippen LogP contribution in [0.5, 0.6) is 0 Å². The largest absolute Gasteiger partial charge is 0.318 e. The Kier molecular flexibility index (Phi) is 4.51. The van der Waals surface area contributed by atoms with Crippen LogP contribution in [0.1, 0.15) is 24.3 Å². The van der Waals surface area contributed by atoms with Crippen molar-refractivity contribution in [1.29, 1.82) is 0 Å². The minimum atomic E-state index is -0.139. The lowest BCUT2D eigenvalue weighted by Gasteiger charge is -2.32. The molecule has 2 nitrogen and oxygen atoms in total. The van der Waals surface area contributed by atoms with Gasteiger partial charge in [-0.3, -0.25) is 0 Å². The van der Waals surface area contributed by atoms with Crippen molar-refractivity contribution in [1.82, 2.24) is 10.2 Å². The second-order valence-electron chi connectivity index (χ2n) is 4.77. The topological polar surface area (TPSA) is 15.3 Å². The van der Waals surface area contributed by atoms with Gasteiger partial charge < -0.3 is 10.2 Å². The molecule has 1 aliphatic heterocycles. The summed E-state index contributed by atoms with van der Waals surface area (Å²) in [4.78, 5) is 2.50. The maximum atomic E-state index is 12.8. The predicted molar refractivity (Wildman–Crippen MR) is 68.7 cm³/mol. The van der Waals surface area contributed by atoms with Gasteiger partial charge in [-0.05, 0) is 56.6 Å². The molecule has 0 aromatic heterocycles. The molecule has 1 aromatic carbocycles. The Morgan fingerprint density at radius 1 is 1.24 bits per heavy atom. The fourth-order valence-corrected chi connectivity index (χ4v) is 2.49. The summed E-state index contributed by atoms with van der Waals surface area (Å²) in [6, 6.07) is 7.01. The zero-order chi connectivity index (χ0) is 12.1. The number of hydrogen-bond acceptors (Lipinski definition) is 2. The molecule has 0 unspecified atom stereocenters. The van der Waals surface area contributed by atoms with Gasteiger partial charge in [0.15, 0.2) is 0 Å². The number of nitrogens with zero attached hydrogens (tertiary/aromatic N) is 1. The van der Waals surface area contributed by atoms with Gasteiger partial charge in [0, 0.05) is 13.1 Å². The van der Waals surface area contributed by atoms with Crippen molar-refractivity contribution in [3.63, 3.8) is 0 Å². The first kappa shape index (κ1) is 12.5. The first-order valence-electron chi connectivity index (χ1n) is 6.42. The zero-order valence-corrected chi connectivity index (χ0v) is 10.5.